The molecule has 2 heterocycles. The SMILES string of the molecule is Cc1ccc(C)c(-n2c(=O)c3ccccc3n3c(SCC(=O)NC(C)(C#N)C4CC4)nnc23)c1. The van der Waals surface area contributed by atoms with E-state index < -0.39 is 5.54 Å². The molecule has 1 aliphatic rings. The number of hydrogen-bond donors (Lipinski definition) is 1. The van der Waals surface area contributed by atoms with Gasteiger partial charge in [-0.15, -0.1) is 10.2 Å². The van der Waals surface area contributed by atoms with Crippen molar-refractivity contribution in [2.45, 2.75) is 44.3 Å². The van der Waals surface area contributed by atoms with Crippen molar-refractivity contribution in [3.8, 4) is 11.8 Å². The predicted molar refractivity (Wildman–Crippen MR) is 131 cm³/mol. The lowest BCUT2D eigenvalue weighted by Gasteiger charge is -2.22. The Morgan fingerprint density at radius 3 is 2.74 bits per heavy atom. The van der Waals surface area contributed by atoms with Crippen LogP contribution in [-0.4, -0.2) is 36.4 Å². The molecule has 0 aliphatic heterocycles. The topological polar surface area (TPSA) is 105 Å². The van der Waals surface area contributed by atoms with Crippen LogP contribution in [0.1, 0.15) is 30.9 Å². The zero-order valence-corrected chi connectivity index (χ0v) is 20.0. The average Bonchev–Trinajstić information content (AvgIpc) is 3.61. The first kappa shape index (κ1) is 22.2. The van der Waals surface area contributed by atoms with E-state index in [0.29, 0.717) is 21.8 Å². The molecular formula is C25H24N6O2S. The van der Waals surface area contributed by atoms with Gasteiger partial charge in [-0.2, -0.15) is 5.26 Å². The quantitative estimate of drug-likeness (QED) is 0.430. The van der Waals surface area contributed by atoms with Gasteiger partial charge in [0.05, 0.1) is 28.4 Å². The zero-order chi connectivity index (χ0) is 24.0. The van der Waals surface area contributed by atoms with Crippen molar-refractivity contribution in [1.82, 2.24) is 24.5 Å². The van der Waals surface area contributed by atoms with Crippen LogP contribution >= 0.6 is 11.8 Å². The largest absolute Gasteiger partial charge is 0.337 e. The molecule has 34 heavy (non-hydrogen) atoms. The fourth-order valence-electron chi connectivity index (χ4n) is 4.29. The van der Waals surface area contributed by atoms with E-state index in [2.05, 4.69) is 21.6 Å². The Morgan fingerprint density at radius 1 is 1.24 bits per heavy atom. The highest BCUT2D eigenvalue weighted by atomic mass is 32.2. The van der Waals surface area contributed by atoms with Crippen LogP contribution in [0.25, 0.3) is 22.4 Å². The number of benzene rings is 2. The summed E-state index contributed by atoms with van der Waals surface area (Å²) in [5.74, 6) is 0.447. The van der Waals surface area contributed by atoms with Crippen molar-refractivity contribution in [1.29, 1.82) is 5.26 Å². The molecule has 1 fully saturated rings. The van der Waals surface area contributed by atoms with Crippen LogP contribution in [-0.2, 0) is 4.79 Å². The number of aryl methyl sites for hydroxylation is 2. The van der Waals surface area contributed by atoms with E-state index in [1.165, 1.54) is 11.8 Å². The molecule has 2 aromatic carbocycles. The lowest BCUT2D eigenvalue weighted by atomic mass is 9.98. The molecule has 1 saturated carbocycles. The van der Waals surface area contributed by atoms with Crippen LogP contribution in [0.3, 0.4) is 0 Å². The summed E-state index contributed by atoms with van der Waals surface area (Å²) in [5.41, 5.74) is 2.37. The number of thioether (sulfide) groups is 1. The van der Waals surface area contributed by atoms with Gasteiger partial charge in [0.1, 0.15) is 5.54 Å². The Morgan fingerprint density at radius 2 is 2.00 bits per heavy atom. The van der Waals surface area contributed by atoms with E-state index >= 15 is 0 Å². The van der Waals surface area contributed by atoms with Crippen LogP contribution in [0.5, 0.6) is 0 Å². The van der Waals surface area contributed by atoms with Gasteiger partial charge < -0.3 is 5.32 Å². The molecule has 1 aliphatic carbocycles. The third-order valence-corrected chi connectivity index (χ3v) is 7.29. The number of carbonyl (C=O) groups is 1. The number of hydrogen-bond acceptors (Lipinski definition) is 6. The molecular weight excluding hydrogens is 448 g/mol. The number of nitrogens with one attached hydrogen (secondary N) is 1. The van der Waals surface area contributed by atoms with Gasteiger partial charge in [-0.05, 0) is 68.9 Å². The smallest absolute Gasteiger partial charge is 0.267 e. The van der Waals surface area contributed by atoms with Gasteiger partial charge in [0, 0.05) is 0 Å². The van der Waals surface area contributed by atoms with E-state index in [1.807, 2.05) is 54.6 Å². The van der Waals surface area contributed by atoms with Crippen molar-refractivity contribution in [3.63, 3.8) is 0 Å². The highest BCUT2D eigenvalue weighted by Gasteiger charge is 2.43. The van der Waals surface area contributed by atoms with Gasteiger partial charge in [-0.1, -0.05) is 36.0 Å². The summed E-state index contributed by atoms with van der Waals surface area (Å²) < 4.78 is 3.41. The molecule has 8 nitrogen and oxygen atoms in total. The standard InChI is InChI=1S/C25H24N6O2S/c1-15-8-9-16(2)20(12-15)30-22(33)18-6-4-5-7-19(18)31-23(30)28-29-24(31)34-13-21(32)27-25(3,14-26)17-10-11-17/h4-9,12,17H,10-11,13H2,1-3H3,(H,27,32). The number of carbonyl (C=O) groups excluding carboxylic acids is 1. The zero-order valence-electron chi connectivity index (χ0n) is 19.2. The summed E-state index contributed by atoms with van der Waals surface area (Å²) in [6.45, 7) is 5.71. The lowest BCUT2D eigenvalue weighted by Crippen LogP contribution is -2.47. The van der Waals surface area contributed by atoms with Crippen LogP contribution in [0, 0.1) is 31.1 Å². The lowest BCUT2D eigenvalue weighted by molar-refractivity contribution is -0.119. The molecule has 1 unspecified atom stereocenters. The third-order valence-electron chi connectivity index (χ3n) is 6.36. The first-order chi connectivity index (χ1) is 16.3. The van der Waals surface area contributed by atoms with Crippen LogP contribution < -0.4 is 10.9 Å². The number of amides is 1. The monoisotopic (exact) mass is 472 g/mol. The molecule has 4 aromatic rings. The number of nitriles is 1. The Kier molecular flexibility index (Phi) is 5.41. The maximum atomic E-state index is 13.5. The Hall–Kier alpha value is -3.64. The number of para-hydroxylation sites is 1. The molecule has 9 heteroatoms. The second-order valence-electron chi connectivity index (χ2n) is 8.99. The average molecular weight is 473 g/mol. The summed E-state index contributed by atoms with van der Waals surface area (Å²) in [5, 5.41) is 22.1. The predicted octanol–water partition coefficient (Wildman–Crippen LogP) is 3.55. The third kappa shape index (κ3) is 3.74. The molecule has 0 saturated heterocycles. The van der Waals surface area contributed by atoms with E-state index in [1.54, 1.807) is 17.6 Å². The highest BCUT2D eigenvalue weighted by Crippen LogP contribution is 2.39. The first-order valence-corrected chi connectivity index (χ1v) is 12.1. The molecule has 172 valence electrons. The number of nitrogens with zero attached hydrogens (tertiary/aromatic N) is 5. The second-order valence-corrected chi connectivity index (χ2v) is 9.93. The van der Waals surface area contributed by atoms with E-state index in [4.69, 9.17) is 0 Å². The molecule has 5 rings (SSSR count). The van der Waals surface area contributed by atoms with Gasteiger partial charge in [0.2, 0.25) is 11.7 Å². The fraction of sp³-hybridized carbons (Fsp3) is 0.320. The minimum absolute atomic E-state index is 0.0850. The van der Waals surface area contributed by atoms with Gasteiger partial charge in [-0.3, -0.25) is 14.0 Å². The van der Waals surface area contributed by atoms with Crippen molar-refractivity contribution >= 4 is 34.3 Å². The Labute approximate surface area is 200 Å². The highest BCUT2D eigenvalue weighted by molar-refractivity contribution is 7.99. The van der Waals surface area contributed by atoms with Crippen molar-refractivity contribution in [2.75, 3.05) is 5.75 Å². The minimum Gasteiger partial charge on any atom is -0.337 e. The van der Waals surface area contributed by atoms with Crippen molar-refractivity contribution < 1.29 is 4.79 Å². The fourth-order valence-corrected chi connectivity index (χ4v) is 5.03. The molecule has 0 radical (unpaired) electrons. The van der Waals surface area contributed by atoms with Crippen LogP contribution in [0.15, 0.2) is 52.4 Å². The summed E-state index contributed by atoms with van der Waals surface area (Å²) in [6.07, 6.45) is 1.91. The van der Waals surface area contributed by atoms with Crippen molar-refractivity contribution in [3.05, 3.63) is 63.9 Å². The van der Waals surface area contributed by atoms with Gasteiger partial charge in [-0.25, -0.2) is 4.57 Å². The van der Waals surface area contributed by atoms with Gasteiger partial charge in [0.15, 0.2) is 5.16 Å². The molecule has 2 aromatic heterocycles. The normalized spacial score (nSPS) is 15.2. The number of aromatic nitrogens is 4. The summed E-state index contributed by atoms with van der Waals surface area (Å²) in [7, 11) is 0. The molecule has 1 atom stereocenters. The maximum Gasteiger partial charge on any atom is 0.267 e. The summed E-state index contributed by atoms with van der Waals surface area (Å²) in [4.78, 5) is 26.2. The van der Waals surface area contributed by atoms with E-state index in [-0.39, 0.29) is 23.1 Å². The van der Waals surface area contributed by atoms with Gasteiger partial charge in [0.25, 0.3) is 5.56 Å². The summed E-state index contributed by atoms with van der Waals surface area (Å²) in [6, 6.07) is 15.5. The molecule has 0 bridgehead atoms. The van der Waals surface area contributed by atoms with E-state index in [9.17, 15) is 14.9 Å². The Bertz CT molecular complexity index is 1550. The molecule has 1 N–H and O–H groups in total. The molecule has 1 amide bonds. The van der Waals surface area contributed by atoms with Crippen LogP contribution in [0.2, 0.25) is 0 Å². The number of fused-ring (bicyclic) bond motifs is 3. The Balaban J connectivity index is 1.58. The maximum absolute atomic E-state index is 13.5. The second kappa shape index (κ2) is 8.29. The molecule has 0 spiro atoms. The van der Waals surface area contributed by atoms with Gasteiger partial charge >= 0.3 is 0 Å². The number of rotatable bonds is 6. The van der Waals surface area contributed by atoms with Crippen LogP contribution in [0.4, 0.5) is 0 Å². The minimum atomic E-state index is -0.847. The first-order valence-electron chi connectivity index (χ1n) is 11.1. The summed E-state index contributed by atoms with van der Waals surface area (Å²) >= 11 is 1.23. The van der Waals surface area contributed by atoms with E-state index in [0.717, 1.165) is 29.7 Å². The van der Waals surface area contributed by atoms with Crippen molar-refractivity contribution in [2.24, 2.45) is 5.92 Å².